The molecule has 2 aromatic rings. The van der Waals surface area contributed by atoms with Crippen LogP contribution in [0.1, 0.15) is 22.8 Å². The van der Waals surface area contributed by atoms with Gasteiger partial charge in [0.15, 0.2) is 0 Å². The highest BCUT2D eigenvalue weighted by atomic mass is 16.4. The van der Waals surface area contributed by atoms with Crippen LogP contribution in [-0.2, 0) is 16.1 Å². The summed E-state index contributed by atoms with van der Waals surface area (Å²) in [4.78, 5) is 36.3. The molecule has 8 nitrogen and oxygen atoms in total. The molecule has 2 aromatic carbocycles. The molecule has 0 fully saturated rings. The summed E-state index contributed by atoms with van der Waals surface area (Å²) in [7, 11) is 0. The van der Waals surface area contributed by atoms with Crippen LogP contribution < -0.4 is 16.0 Å². The maximum absolute atomic E-state index is 12.6. The molecule has 0 bridgehead atoms. The van der Waals surface area contributed by atoms with E-state index < -0.39 is 17.8 Å². The van der Waals surface area contributed by atoms with Gasteiger partial charge in [0.2, 0.25) is 5.91 Å². The van der Waals surface area contributed by atoms with Crippen molar-refractivity contribution in [1.82, 2.24) is 5.32 Å². The Morgan fingerprint density at radius 3 is 2.25 bits per heavy atom. The Kier molecular flexibility index (Phi) is 6.49. The molecule has 0 atom stereocenters. The van der Waals surface area contributed by atoms with Gasteiger partial charge in [-0.25, -0.2) is 9.69 Å². The molecule has 4 N–H and O–H groups in total. The van der Waals surface area contributed by atoms with Crippen LogP contribution >= 0.6 is 0 Å². The van der Waals surface area contributed by atoms with Crippen LogP contribution in [0.2, 0.25) is 0 Å². The number of anilines is 2. The first-order valence-corrected chi connectivity index (χ1v) is 8.20. The van der Waals surface area contributed by atoms with Crippen LogP contribution in [0.3, 0.4) is 0 Å². The van der Waals surface area contributed by atoms with Crippen molar-refractivity contribution in [2.75, 3.05) is 10.6 Å². The predicted octanol–water partition coefficient (Wildman–Crippen LogP) is 2.04. The van der Waals surface area contributed by atoms with Crippen molar-refractivity contribution in [3.8, 4) is 6.07 Å². The number of carbonyl (C=O) groups excluding carboxylic acids is 2. The number of aromatic carboxylic acids is 1. The predicted molar refractivity (Wildman–Crippen MR) is 103 cm³/mol. The lowest BCUT2D eigenvalue weighted by Gasteiger charge is -2.19. The van der Waals surface area contributed by atoms with E-state index in [0.717, 1.165) is 10.5 Å². The van der Waals surface area contributed by atoms with Gasteiger partial charge < -0.3 is 16.2 Å². The van der Waals surface area contributed by atoms with Gasteiger partial charge in [0.05, 0.1) is 11.3 Å². The highest BCUT2D eigenvalue weighted by Crippen LogP contribution is 2.18. The van der Waals surface area contributed by atoms with Crippen LogP contribution in [0, 0.1) is 11.3 Å². The van der Waals surface area contributed by atoms with E-state index >= 15 is 0 Å². The van der Waals surface area contributed by atoms with Crippen LogP contribution in [0.5, 0.6) is 0 Å². The smallest absolute Gasteiger partial charge is 0.335 e. The van der Waals surface area contributed by atoms with Gasteiger partial charge in [0, 0.05) is 25.4 Å². The number of nitrogens with one attached hydrogen (secondary N) is 1. The van der Waals surface area contributed by atoms with Crippen LogP contribution in [0.15, 0.2) is 60.3 Å². The highest BCUT2D eigenvalue weighted by molar-refractivity contribution is 6.21. The second-order valence-corrected chi connectivity index (χ2v) is 5.80. The zero-order valence-electron chi connectivity index (χ0n) is 15.0. The Bertz CT molecular complexity index is 957. The Hall–Kier alpha value is -4.12. The lowest BCUT2D eigenvalue weighted by molar-refractivity contribution is -0.123. The van der Waals surface area contributed by atoms with Gasteiger partial charge in [-0.1, -0.05) is 12.1 Å². The number of nitriles is 1. The minimum atomic E-state index is -1.02. The summed E-state index contributed by atoms with van der Waals surface area (Å²) in [5.74, 6) is -2.34. The van der Waals surface area contributed by atoms with E-state index in [4.69, 9.17) is 10.8 Å². The Balaban J connectivity index is 2.14. The molecule has 28 heavy (non-hydrogen) atoms. The number of nitrogens with two attached hydrogens (primary N) is 1. The zero-order chi connectivity index (χ0) is 20.7. The quantitative estimate of drug-likeness (QED) is 0.397. The van der Waals surface area contributed by atoms with Crippen molar-refractivity contribution in [2.45, 2.75) is 13.5 Å². The van der Waals surface area contributed by atoms with Crippen molar-refractivity contribution in [3.05, 3.63) is 71.4 Å². The molecule has 0 aliphatic carbocycles. The second-order valence-electron chi connectivity index (χ2n) is 5.80. The number of carboxylic acid groups (broad SMARTS) is 1. The molecule has 0 saturated carbocycles. The lowest BCUT2D eigenvalue weighted by atomic mass is 10.1. The number of carbonyl (C=O) groups is 3. The van der Waals surface area contributed by atoms with Gasteiger partial charge in [-0.15, -0.1) is 0 Å². The van der Waals surface area contributed by atoms with E-state index in [1.807, 2.05) is 0 Å². The number of amides is 2. The number of hydrogen-bond donors (Lipinski definition) is 3. The Morgan fingerprint density at radius 2 is 1.75 bits per heavy atom. The monoisotopic (exact) mass is 378 g/mol. The molecule has 0 unspecified atom stereocenters. The number of benzene rings is 2. The summed E-state index contributed by atoms with van der Waals surface area (Å²) < 4.78 is 0. The van der Waals surface area contributed by atoms with Gasteiger partial charge in [-0.3, -0.25) is 9.59 Å². The molecule has 0 aromatic heterocycles. The average Bonchev–Trinajstić information content (AvgIpc) is 2.67. The number of imide groups is 1. The molecular weight excluding hydrogens is 360 g/mol. The molecule has 0 aliphatic heterocycles. The molecule has 2 amide bonds. The fourth-order valence-electron chi connectivity index (χ4n) is 2.36. The van der Waals surface area contributed by atoms with Gasteiger partial charge in [0.25, 0.3) is 5.91 Å². The molecule has 0 aliphatic rings. The van der Waals surface area contributed by atoms with Crippen molar-refractivity contribution in [3.63, 3.8) is 0 Å². The van der Waals surface area contributed by atoms with Gasteiger partial charge in [-0.2, -0.15) is 5.26 Å². The van der Waals surface area contributed by atoms with Crippen LogP contribution in [-0.4, -0.2) is 22.9 Å². The van der Waals surface area contributed by atoms with E-state index in [9.17, 15) is 19.6 Å². The number of nitrogen functional groups attached to an aromatic ring is 1. The fraction of sp³-hybridized carbons (Fsp3) is 0.100. The summed E-state index contributed by atoms with van der Waals surface area (Å²) in [5.41, 5.74) is 7.06. The Morgan fingerprint density at radius 1 is 1.14 bits per heavy atom. The van der Waals surface area contributed by atoms with Crippen LogP contribution in [0.25, 0.3) is 0 Å². The normalized spacial score (nSPS) is 10.6. The number of hydrogen-bond acceptors (Lipinski definition) is 6. The fourth-order valence-corrected chi connectivity index (χ4v) is 2.36. The maximum atomic E-state index is 12.6. The van der Waals surface area contributed by atoms with E-state index in [0.29, 0.717) is 11.4 Å². The van der Waals surface area contributed by atoms with Crippen molar-refractivity contribution in [1.29, 1.82) is 5.26 Å². The third-order valence-electron chi connectivity index (χ3n) is 3.77. The standard InChI is InChI=1S/C20H18N4O4/c1-13(25)24(18-8-6-17(22)7-9-18)19(26)16(10-21)12-23-11-14-2-4-15(5-3-14)20(27)28/h2-9,12,23H,11,22H2,1H3,(H,27,28)/b16-12-. The second kappa shape index (κ2) is 9.00. The van der Waals surface area contributed by atoms with Crippen LogP contribution in [0.4, 0.5) is 11.4 Å². The summed E-state index contributed by atoms with van der Waals surface area (Å²) in [6.07, 6.45) is 1.22. The molecule has 8 heteroatoms. The average molecular weight is 378 g/mol. The summed E-state index contributed by atoms with van der Waals surface area (Å²) in [6, 6.07) is 14.1. The number of nitrogens with zero attached hydrogens (tertiary/aromatic N) is 2. The van der Waals surface area contributed by atoms with E-state index in [1.165, 1.54) is 37.4 Å². The summed E-state index contributed by atoms with van der Waals surface area (Å²) >= 11 is 0. The first kappa shape index (κ1) is 20.2. The van der Waals surface area contributed by atoms with Gasteiger partial charge in [0.1, 0.15) is 11.6 Å². The maximum Gasteiger partial charge on any atom is 0.335 e. The third-order valence-corrected chi connectivity index (χ3v) is 3.77. The highest BCUT2D eigenvalue weighted by Gasteiger charge is 2.23. The minimum Gasteiger partial charge on any atom is -0.478 e. The van der Waals surface area contributed by atoms with Crippen molar-refractivity contribution >= 4 is 29.2 Å². The molecule has 0 spiro atoms. The first-order chi connectivity index (χ1) is 13.3. The SMILES string of the molecule is CC(=O)N(C(=O)/C(C#N)=C\NCc1ccc(C(=O)O)cc1)c1ccc(N)cc1. The first-order valence-electron chi connectivity index (χ1n) is 8.20. The number of carboxylic acids is 1. The summed E-state index contributed by atoms with van der Waals surface area (Å²) in [5, 5.41) is 21.0. The largest absolute Gasteiger partial charge is 0.478 e. The molecule has 0 saturated heterocycles. The molecule has 0 radical (unpaired) electrons. The van der Waals surface area contributed by atoms with E-state index in [-0.39, 0.29) is 17.7 Å². The topological polar surface area (TPSA) is 137 Å². The summed E-state index contributed by atoms with van der Waals surface area (Å²) in [6.45, 7) is 1.49. The minimum absolute atomic E-state index is 0.160. The zero-order valence-corrected chi connectivity index (χ0v) is 15.0. The molecule has 2 rings (SSSR count). The number of rotatable bonds is 6. The Labute approximate surface area is 161 Å². The van der Waals surface area contributed by atoms with E-state index in [1.54, 1.807) is 30.3 Å². The molecule has 142 valence electrons. The van der Waals surface area contributed by atoms with Crippen molar-refractivity contribution < 1.29 is 19.5 Å². The molecular formula is C20H18N4O4. The van der Waals surface area contributed by atoms with Gasteiger partial charge in [-0.05, 0) is 42.0 Å². The lowest BCUT2D eigenvalue weighted by Crippen LogP contribution is -2.36. The van der Waals surface area contributed by atoms with E-state index in [2.05, 4.69) is 5.32 Å². The van der Waals surface area contributed by atoms with Crippen molar-refractivity contribution in [2.24, 2.45) is 0 Å². The molecule has 0 heterocycles. The van der Waals surface area contributed by atoms with Gasteiger partial charge >= 0.3 is 5.97 Å². The third kappa shape index (κ3) is 4.95.